The number of aromatic nitrogens is 1. The molecular weight excluding hydrogens is 356 g/mol. The zero-order valence-electron chi connectivity index (χ0n) is 17.8. The molecule has 0 amide bonds. The third-order valence-electron chi connectivity index (χ3n) is 3.55. The van der Waals surface area contributed by atoms with Crippen LogP contribution in [0.1, 0.15) is 70.9 Å². The van der Waals surface area contributed by atoms with E-state index in [9.17, 15) is 4.79 Å². The van der Waals surface area contributed by atoms with Crippen LogP contribution >= 0.6 is 11.3 Å². The van der Waals surface area contributed by atoms with Crippen LogP contribution in [0.3, 0.4) is 0 Å². The van der Waals surface area contributed by atoms with Crippen LogP contribution in [0.2, 0.25) is 0 Å². The first-order valence-corrected chi connectivity index (χ1v) is 10.4. The van der Waals surface area contributed by atoms with Crippen molar-refractivity contribution in [1.82, 2.24) is 4.98 Å². The Kier molecular flexibility index (Phi) is 13.0. The first kappa shape index (κ1) is 25.0. The normalized spacial score (nSPS) is 10.6. The van der Waals surface area contributed by atoms with Crippen LogP contribution in [0.4, 0.5) is 0 Å². The van der Waals surface area contributed by atoms with E-state index >= 15 is 0 Å². The fraction of sp³-hybridized carbons (Fsp3) is 0.500. The van der Waals surface area contributed by atoms with Crippen molar-refractivity contribution < 1.29 is 9.53 Å². The third-order valence-corrected chi connectivity index (χ3v) is 4.75. The number of thiazole rings is 1. The molecule has 0 spiro atoms. The molecule has 0 aliphatic heterocycles. The minimum atomic E-state index is 0.220. The van der Waals surface area contributed by atoms with Crippen molar-refractivity contribution in [2.75, 3.05) is 6.61 Å². The van der Waals surface area contributed by atoms with Crippen LogP contribution < -0.4 is 4.74 Å². The molecular formula is C22H34N2O2S. The Labute approximate surface area is 168 Å². The summed E-state index contributed by atoms with van der Waals surface area (Å²) >= 11 is 1.68. The van der Waals surface area contributed by atoms with E-state index in [0.29, 0.717) is 13.0 Å². The molecule has 0 bridgehead atoms. The molecule has 4 nitrogen and oxygen atoms in total. The zero-order chi connectivity index (χ0) is 20.8. The average Bonchev–Trinajstić information content (AvgIpc) is 3.12. The van der Waals surface area contributed by atoms with E-state index in [-0.39, 0.29) is 11.7 Å². The Morgan fingerprint density at radius 1 is 1.30 bits per heavy atom. The van der Waals surface area contributed by atoms with Crippen molar-refractivity contribution in [3.05, 3.63) is 35.0 Å². The Balaban J connectivity index is 0.00000123. The van der Waals surface area contributed by atoms with Gasteiger partial charge in [0.05, 0.1) is 16.5 Å². The minimum absolute atomic E-state index is 0.220. The van der Waals surface area contributed by atoms with Crippen molar-refractivity contribution in [2.24, 2.45) is 0 Å². The molecule has 2 aromatic rings. The number of nitrogens with one attached hydrogen (secondary N) is 1. The van der Waals surface area contributed by atoms with Gasteiger partial charge in [0.25, 0.3) is 0 Å². The molecule has 1 aromatic heterocycles. The van der Waals surface area contributed by atoms with Gasteiger partial charge in [0, 0.05) is 18.5 Å². The van der Waals surface area contributed by atoms with Crippen LogP contribution in [0.25, 0.3) is 10.4 Å². The Hall–Kier alpha value is -2.01. The summed E-state index contributed by atoms with van der Waals surface area (Å²) in [7, 11) is 0. The number of rotatable bonds is 7. The van der Waals surface area contributed by atoms with Gasteiger partial charge in [-0.15, -0.1) is 11.3 Å². The van der Waals surface area contributed by atoms with Gasteiger partial charge in [-0.3, -0.25) is 0 Å². The number of nitrogens with zero attached hydrogens (tertiary/aromatic N) is 1. The molecule has 0 radical (unpaired) electrons. The van der Waals surface area contributed by atoms with E-state index in [4.69, 9.17) is 10.1 Å². The lowest BCUT2D eigenvalue weighted by Crippen LogP contribution is -2.02. The molecule has 5 heteroatoms. The maximum absolute atomic E-state index is 11.4. The van der Waals surface area contributed by atoms with Crippen LogP contribution in [0.15, 0.2) is 24.4 Å². The molecule has 1 aromatic carbocycles. The summed E-state index contributed by atoms with van der Waals surface area (Å²) in [4.78, 5) is 17.1. The van der Waals surface area contributed by atoms with E-state index in [0.717, 1.165) is 27.6 Å². The van der Waals surface area contributed by atoms with Gasteiger partial charge in [-0.25, -0.2) is 4.98 Å². The molecule has 0 fully saturated rings. The average molecular weight is 391 g/mol. The van der Waals surface area contributed by atoms with Gasteiger partial charge in [-0.05, 0) is 63.6 Å². The number of hydrogen-bond donors (Lipinski definition) is 1. The molecule has 2 rings (SSSR count). The molecule has 0 aliphatic carbocycles. The van der Waals surface area contributed by atoms with E-state index in [1.165, 1.54) is 11.8 Å². The smallest absolute Gasteiger partial charge is 0.130 e. The predicted molar refractivity (Wildman–Crippen MR) is 118 cm³/mol. The summed E-state index contributed by atoms with van der Waals surface area (Å²) in [5.74, 6) is 1.34. The maximum Gasteiger partial charge on any atom is 0.130 e. The predicted octanol–water partition coefficient (Wildman–Crippen LogP) is 6.67. The molecule has 1 N–H and O–H groups in total. The summed E-state index contributed by atoms with van der Waals surface area (Å²) in [5.41, 5.74) is 2.30. The van der Waals surface area contributed by atoms with Gasteiger partial charge < -0.3 is 14.9 Å². The van der Waals surface area contributed by atoms with Crippen LogP contribution in [-0.2, 0) is 4.79 Å². The number of benzene rings is 1. The Morgan fingerprint density at radius 2 is 1.93 bits per heavy atom. The van der Waals surface area contributed by atoms with Gasteiger partial charge in [-0.1, -0.05) is 26.8 Å². The summed E-state index contributed by atoms with van der Waals surface area (Å²) in [5, 5.41) is 7.13. The van der Waals surface area contributed by atoms with Gasteiger partial charge in [0.2, 0.25) is 0 Å². The fourth-order valence-corrected chi connectivity index (χ4v) is 3.59. The first-order valence-electron chi connectivity index (χ1n) is 9.60. The highest BCUT2D eigenvalue weighted by atomic mass is 32.1. The van der Waals surface area contributed by atoms with E-state index in [1.807, 2.05) is 33.0 Å². The monoisotopic (exact) mass is 390 g/mol. The summed E-state index contributed by atoms with van der Waals surface area (Å²) in [6, 6.07) is 6.24. The number of hydrogen-bond acceptors (Lipinski definition) is 5. The summed E-state index contributed by atoms with van der Waals surface area (Å²) in [6.45, 7) is 14.1. The summed E-state index contributed by atoms with van der Waals surface area (Å²) in [6.07, 6.45) is 4.67. The second-order valence-corrected chi connectivity index (χ2v) is 6.89. The van der Waals surface area contributed by atoms with Crippen LogP contribution in [0.5, 0.6) is 5.75 Å². The van der Waals surface area contributed by atoms with Crippen LogP contribution in [-0.4, -0.2) is 23.6 Å². The van der Waals surface area contributed by atoms with Crippen molar-refractivity contribution in [3.63, 3.8) is 0 Å². The second kappa shape index (κ2) is 14.1. The second-order valence-electron chi connectivity index (χ2n) is 5.83. The number of aryl methyl sites for hydroxylation is 1. The Morgan fingerprint density at radius 3 is 2.44 bits per heavy atom. The van der Waals surface area contributed by atoms with Gasteiger partial charge in [-0.2, -0.15) is 0 Å². The molecule has 150 valence electrons. The highest BCUT2D eigenvalue weighted by Gasteiger charge is 2.16. The molecule has 0 aliphatic rings. The number of ketones is 1. The molecule has 1 unspecified atom stereocenters. The number of ether oxygens (including phenoxy) is 1. The number of carbonyl (C=O) groups is 1. The van der Waals surface area contributed by atoms with Crippen molar-refractivity contribution in [1.29, 1.82) is 5.41 Å². The standard InChI is InChI=1S/C18H23NO2S.C2H5N.C2H6/c1-5-14(9-13(4)20)18-19-11-17(22-18)15-7-12(3)8-16(10-15)21-6-2;1-2-3;1-2/h7-8,10-11,14H,5-6,9H2,1-4H3;2-3H,1H3;1-2H3. The molecule has 0 saturated carbocycles. The van der Waals surface area contributed by atoms with E-state index < -0.39 is 0 Å². The molecule has 0 saturated heterocycles. The molecule has 27 heavy (non-hydrogen) atoms. The highest BCUT2D eigenvalue weighted by molar-refractivity contribution is 7.15. The van der Waals surface area contributed by atoms with Crippen LogP contribution in [0, 0.1) is 12.3 Å². The van der Waals surface area contributed by atoms with Crippen molar-refractivity contribution >= 4 is 23.3 Å². The van der Waals surface area contributed by atoms with E-state index in [2.05, 4.69) is 31.0 Å². The number of carbonyl (C=O) groups excluding carboxylic acids is 1. The lowest BCUT2D eigenvalue weighted by atomic mass is 10.0. The lowest BCUT2D eigenvalue weighted by molar-refractivity contribution is -0.117. The minimum Gasteiger partial charge on any atom is -0.494 e. The quantitative estimate of drug-likeness (QED) is 0.537. The van der Waals surface area contributed by atoms with Crippen molar-refractivity contribution in [2.45, 2.75) is 67.2 Å². The summed E-state index contributed by atoms with van der Waals surface area (Å²) < 4.78 is 5.62. The van der Waals surface area contributed by atoms with Gasteiger partial charge in [0.15, 0.2) is 0 Å². The van der Waals surface area contributed by atoms with Crippen molar-refractivity contribution in [3.8, 4) is 16.2 Å². The Bertz CT molecular complexity index is 695. The number of Topliss-reactive ketones (excluding diaryl/α,β-unsaturated/α-hetero) is 1. The fourth-order valence-electron chi connectivity index (χ4n) is 2.50. The lowest BCUT2D eigenvalue weighted by Gasteiger charge is -2.09. The molecule has 1 heterocycles. The maximum atomic E-state index is 11.4. The van der Waals surface area contributed by atoms with Gasteiger partial charge >= 0.3 is 0 Å². The zero-order valence-corrected chi connectivity index (χ0v) is 18.6. The van der Waals surface area contributed by atoms with E-state index in [1.54, 1.807) is 25.2 Å². The third kappa shape index (κ3) is 8.96. The highest BCUT2D eigenvalue weighted by Crippen LogP contribution is 2.34. The molecule has 1 atom stereocenters. The van der Waals surface area contributed by atoms with Gasteiger partial charge in [0.1, 0.15) is 11.5 Å². The topological polar surface area (TPSA) is 63.0 Å². The SMILES string of the molecule is CC.CC=N.CCOc1cc(C)cc(-c2cnc(C(CC)CC(C)=O)s2)c1. The largest absolute Gasteiger partial charge is 0.494 e. The first-order chi connectivity index (χ1) is 12.9.